The minimum atomic E-state index is -4.35. The van der Waals surface area contributed by atoms with E-state index in [1.807, 2.05) is 0 Å². The fourth-order valence-electron chi connectivity index (χ4n) is 0.991. The molecule has 1 aromatic carbocycles. The normalized spacial score (nSPS) is 10.6. The molecule has 1 rings (SSSR count). The van der Waals surface area contributed by atoms with Crippen molar-refractivity contribution in [1.82, 2.24) is 0 Å². The summed E-state index contributed by atoms with van der Waals surface area (Å²) in [5.74, 6) is 0. The summed E-state index contributed by atoms with van der Waals surface area (Å²) in [5, 5.41) is 0. The molecule has 0 aromatic heterocycles. The zero-order valence-corrected chi connectivity index (χ0v) is 12.2. The number of benzene rings is 1. The molecule has 0 saturated heterocycles. The van der Waals surface area contributed by atoms with Crippen LogP contribution < -0.4 is 5.73 Å². The predicted octanol–water partition coefficient (Wildman–Crippen LogP) is 0.886. The first kappa shape index (κ1) is 17.3. The predicted molar refractivity (Wildman–Crippen MR) is 69.9 cm³/mol. The zero-order chi connectivity index (χ0) is 14.2. The molecule has 0 amide bonds. The lowest BCUT2D eigenvalue weighted by Crippen LogP contribution is -2.06. The van der Waals surface area contributed by atoms with Gasteiger partial charge in [-0.25, -0.2) is 4.18 Å². The lowest BCUT2D eigenvalue weighted by molar-refractivity contribution is 0.272. The summed E-state index contributed by atoms with van der Waals surface area (Å²) in [5.41, 5.74) is 7.04. The Morgan fingerprint density at radius 1 is 1.39 bits per heavy atom. The Balaban J connectivity index is 0.000000873. The van der Waals surface area contributed by atoms with Crippen molar-refractivity contribution in [3.63, 3.8) is 0 Å². The molecular weight excluding hydrogens is 350 g/mol. The van der Waals surface area contributed by atoms with Gasteiger partial charge in [-0.15, -0.1) is 0 Å². The largest absolute Gasteiger partial charge is 0.427 e. The molecular formula is C8H11BrNO6S2-. The molecule has 0 bridgehead atoms. The standard InChI is InChI=1S/C8H10BrNO4S.HO2S/c9-7-5-6(1-2-8(7)10)3-4-14-15(11,12)13;1-3-2/h1-2,5H,3-4,10H2,(H,11,12,13);3H/q;-1. The van der Waals surface area contributed by atoms with Gasteiger partial charge < -0.3 is 14.2 Å². The van der Waals surface area contributed by atoms with Gasteiger partial charge in [0.05, 0.1) is 6.61 Å². The maximum Gasteiger partial charge on any atom is 0.397 e. The Labute approximate surface area is 116 Å². The Kier molecular flexibility index (Phi) is 8.11. The van der Waals surface area contributed by atoms with E-state index >= 15 is 0 Å². The molecule has 0 unspecified atom stereocenters. The average Bonchev–Trinajstić information content (AvgIpc) is 2.23. The quantitative estimate of drug-likeness (QED) is 0.353. The van der Waals surface area contributed by atoms with Crippen molar-refractivity contribution in [2.45, 2.75) is 6.42 Å². The van der Waals surface area contributed by atoms with E-state index < -0.39 is 22.0 Å². The van der Waals surface area contributed by atoms with E-state index in [1.165, 1.54) is 0 Å². The Bertz CT molecular complexity index is 526. The maximum atomic E-state index is 10.2. The summed E-state index contributed by atoms with van der Waals surface area (Å²) in [6.07, 6.45) is 0.374. The molecule has 0 heterocycles. The number of halogens is 1. The first-order chi connectivity index (χ1) is 8.30. The molecule has 18 heavy (non-hydrogen) atoms. The van der Waals surface area contributed by atoms with Gasteiger partial charge in [0.1, 0.15) is 0 Å². The van der Waals surface area contributed by atoms with Crippen molar-refractivity contribution in [1.29, 1.82) is 0 Å². The van der Waals surface area contributed by atoms with Crippen molar-refractivity contribution >= 4 is 43.6 Å². The van der Waals surface area contributed by atoms with E-state index in [-0.39, 0.29) is 6.61 Å². The van der Waals surface area contributed by atoms with Crippen LogP contribution in [-0.2, 0) is 41.0 Å². The summed E-state index contributed by atoms with van der Waals surface area (Å²) in [6, 6.07) is 5.23. The monoisotopic (exact) mass is 360 g/mol. The fraction of sp³-hybridized carbons (Fsp3) is 0.250. The van der Waals surface area contributed by atoms with Crippen molar-refractivity contribution in [2.24, 2.45) is 0 Å². The molecule has 10 heteroatoms. The minimum Gasteiger partial charge on any atom is -0.427 e. The molecule has 0 fully saturated rings. The molecule has 3 N–H and O–H groups in total. The number of hydrogen-bond donors (Lipinski definition) is 2. The van der Waals surface area contributed by atoms with Crippen molar-refractivity contribution in [3.05, 3.63) is 28.2 Å². The summed E-state index contributed by atoms with van der Waals surface area (Å²) in [6.45, 7) is -0.102. The van der Waals surface area contributed by atoms with E-state index in [4.69, 9.17) is 18.7 Å². The summed E-state index contributed by atoms with van der Waals surface area (Å²) in [7, 11) is -4.35. The second kappa shape index (κ2) is 8.43. The van der Waals surface area contributed by atoms with Crippen LogP contribution in [0.15, 0.2) is 22.7 Å². The van der Waals surface area contributed by atoms with E-state index in [0.29, 0.717) is 12.1 Å². The smallest absolute Gasteiger partial charge is 0.397 e. The van der Waals surface area contributed by atoms with Gasteiger partial charge in [0.25, 0.3) is 0 Å². The Morgan fingerprint density at radius 3 is 2.39 bits per heavy atom. The first-order valence-electron chi connectivity index (χ1n) is 4.41. The summed E-state index contributed by atoms with van der Waals surface area (Å²) >= 11 is 2.16. The fourth-order valence-corrected chi connectivity index (χ4v) is 1.71. The van der Waals surface area contributed by atoms with Crippen LogP contribution in [0.1, 0.15) is 5.56 Å². The Hall–Kier alpha value is -0.680. The molecule has 1 aromatic rings. The van der Waals surface area contributed by atoms with Crippen LogP contribution in [-0.4, -0.2) is 19.6 Å². The van der Waals surface area contributed by atoms with Crippen molar-refractivity contribution < 1.29 is 25.6 Å². The van der Waals surface area contributed by atoms with E-state index in [9.17, 15) is 8.42 Å². The van der Waals surface area contributed by atoms with Crippen molar-refractivity contribution in [3.8, 4) is 0 Å². The van der Waals surface area contributed by atoms with E-state index in [0.717, 1.165) is 10.0 Å². The van der Waals surface area contributed by atoms with Crippen LogP contribution in [0.25, 0.3) is 0 Å². The highest BCUT2D eigenvalue weighted by Crippen LogP contribution is 2.20. The highest BCUT2D eigenvalue weighted by atomic mass is 79.9. The highest BCUT2D eigenvalue weighted by Gasteiger charge is 2.04. The molecule has 104 valence electrons. The topological polar surface area (TPSA) is 124 Å². The summed E-state index contributed by atoms with van der Waals surface area (Å²) in [4.78, 5) is 0. The number of hydrogen-bond acceptors (Lipinski definition) is 7. The van der Waals surface area contributed by atoms with Crippen LogP contribution in [0.4, 0.5) is 5.69 Å². The first-order valence-corrected chi connectivity index (χ1v) is 7.29. The Morgan fingerprint density at radius 2 is 1.94 bits per heavy atom. The third kappa shape index (κ3) is 8.42. The zero-order valence-electron chi connectivity index (χ0n) is 8.95. The molecule has 0 aliphatic carbocycles. The third-order valence-corrected chi connectivity index (χ3v) is 2.84. The van der Waals surface area contributed by atoms with Crippen LogP contribution in [0.5, 0.6) is 0 Å². The van der Waals surface area contributed by atoms with Gasteiger partial charge in [-0.2, -0.15) is 8.42 Å². The molecule has 0 spiro atoms. The van der Waals surface area contributed by atoms with Gasteiger partial charge in [-0.1, -0.05) is 17.6 Å². The number of nitrogen functional groups attached to an aromatic ring is 1. The van der Waals surface area contributed by atoms with Gasteiger partial charge in [0, 0.05) is 10.2 Å². The third-order valence-electron chi connectivity index (χ3n) is 1.69. The van der Waals surface area contributed by atoms with Gasteiger partial charge in [-0.05, 0) is 40.0 Å². The van der Waals surface area contributed by atoms with E-state index in [1.54, 1.807) is 18.2 Å². The number of thiol groups is 1. The van der Waals surface area contributed by atoms with Crippen LogP contribution >= 0.6 is 15.9 Å². The lowest BCUT2D eigenvalue weighted by atomic mass is 10.1. The van der Waals surface area contributed by atoms with Crippen LogP contribution in [0.3, 0.4) is 0 Å². The minimum absolute atomic E-state index is 0.102. The molecule has 0 atom stereocenters. The van der Waals surface area contributed by atoms with Gasteiger partial charge in [0.2, 0.25) is 0 Å². The number of nitrogens with two attached hydrogens (primary N) is 1. The number of rotatable bonds is 4. The van der Waals surface area contributed by atoms with Crippen LogP contribution in [0.2, 0.25) is 0 Å². The second-order valence-electron chi connectivity index (χ2n) is 2.93. The van der Waals surface area contributed by atoms with Gasteiger partial charge in [0.15, 0.2) is 0 Å². The molecule has 0 aliphatic heterocycles. The second-order valence-corrected chi connectivity index (χ2v) is 5.02. The molecule has 7 nitrogen and oxygen atoms in total. The van der Waals surface area contributed by atoms with Crippen LogP contribution in [0, 0.1) is 0 Å². The van der Waals surface area contributed by atoms with E-state index in [2.05, 4.69) is 20.1 Å². The number of anilines is 1. The summed E-state index contributed by atoms with van der Waals surface area (Å²) < 4.78 is 50.4. The van der Waals surface area contributed by atoms with Gasteiger partial charge in [-0.3, -0.25) is 4.55 Å². The molecule has 0 aliphatic rings. The highest BCUT2D eigenvalue weighted by molar-refractivity contribution is 9.10. The molecule has 0 radical (unpaired) electrons. The van der Waals surface area contributed by atoms with Gasteiger partial charge >= 0.3 is 10.4 Å². The van der Waals surface area contributed by atoms with Crippen molar-refractivity contribution in [2.75, 3.05) is 12.3 Å². The maximum absolute atomic E-state index is 10.2. The molecule has 0 saturated carbocycles. The lowest BCUT2D eigenvalue weighted by Gasteiger charge is -2.03. The SMILES string of the molecule is Nc1ccc(CCOS(=O)(=O)O)cc1Br.O=[SH-]=O. The average molecular weight is 361 g/mol.